The van der Waals surface area contributed by atoms with Crippen molar-refractivity contribution in [3.05, 3.63) is 33.5 Å². The van der Waals surface area contributed by atoms with Gasteiger partial charge in [-0.1, -0.05) is 34.8 Å². The van der Waals surface area contributed by atoms with Crippen molar-refractivity contribution < 1.29 is 4.74 Å². The fraction of sp³-hybridized carbons (Fsp3) is 0.0909. The van der Waals surface area contributed by atoms with Crippen LogP contribution in [0, 0.1) is 0 Å². The van der Waals surface area contributed by atoms with E-state index in [0.29, 0.717) is 38.1 Å². The number of nitrogen functional groups attached to an aromatic ring is 1. The SMILES string of the molecule is COc1c(NN)ncnc1Nc1cc(Cl)c(Cl)cc1Cl. The summed E-state index contributed by atoms with van der Waals surface area (Å²) in [5.74, 6) is 6.41. The van der Waals surface area contributed by atoms with E-state index in [1.165, 1.54) is 19.5 Å². The van der Waals surface area contributed by atoms with Crippen LogP contribution in [-0.4, -0.2) is 17.1 Å². The Morgan fingerprint density at radius 3 is 2.35 bits per heavy atom. The molecule has 0 radical (unpaired) electrons. The maximum absolute atomic E-state index is 6.09. The summed E-state index contributed by atoms with van der Waals surface area (Å²) in [6.45, 7) is 0. The van der Waals surface area contributed by atoms with Crippen molar-refractivity contribution in [3.63, 3.8) is 0 Å². The zero-order valence-corrected chi connectivity index (χ0v) is 12.5. The second-order valence-corrected chi connectivity index (χ2v) is 4.84. The standard InChI is InChI=1S/C11H10Cl3N5O/c1-20-9-10(16-4-17-11(9)19-15)18-8-3-6(13)5(12)2-7(8)14/h2-4H,15H2,1H3,(H2,16,17,18,19). The van der Waals surface area contributed by atoms with Crippen molar-refractivity contribution in [2.75, 3.05) is 17.9 Å². The number of hydrogen-bond acceptors (Lipinski definition) is 6. The van der Waals surface area contributed by atoms with Crippen LogP contribution >= 0.6 is 34.8 Å². The van der Waals surface area contributed by atoms with Gasteiger partial charge in [-0.25, -0.2) is 15.8 Å². The van der Waals surface area contributed by atoms with Gasteiger partial charge in [0.15, 0.2) is 11.6 Å². The summed E-state index contributed by atoms with van der Waals surface area (Å²) in [6.07, 6.45) is 1.32. The minimum Gasteiger partial charge on any atom is -0.490 e. The highest BCUT2D eigenvalue weighted by Crippen LogP contribution is 2.36. The Kier molecular flexibility index (Phi) is 4.72. The van der Waals surface area contributed by atoms with Gasteiger partial charge in [0.1, 0.15) is 6.33 Å². The van der Waals surface area contributed by atoms with E-state index < -0.39 is 0 Å². The molecule has 1 aromatic carbocycles. The average Bonchev–Trinajstić information content (AvgIpc) is 2.44. The minimum atomic E-state index is 0.334. The summed E-state index contributed by atoms with van der Waals surface area (Å²) in [5.41, 5.74) is 2.94. The van der Waals surface area contributed by atoms with E-state index in [2.05, 4.69) is 20.7 Å². The Bertz CT molecular complexity index is 638. The second kappa shape index (κ2) is 6.32. The molecule has 2 aromatic rings. The number of anilines is 3. The van der Waals surface area contributed by atoms with Crippen LogP contribution in [0.1, 0.15) is 0 Å². The van der Waals surface area contributed by atoms with Gasteiger partial charge in [-0.05, 0) is 12.1 Å². The van der Waals surface area contributed by atoms with Crippen LogP contribution in [0.4, 0.5) is 17.3 Å². The van der Waals surface area contributed by atoms with Crippen LogP contribution in [-0.2, 0) is 0 Å². The van der Waals surface area contributed by atoms with Crippen molar-refractivity contribution in [1.82, 2.24) is 9.97 Å². The van der Waals surface area contributed by atoms with E-state index in [9.17, 15) is 0 Å². The average molecular weight is 335 g/mol. The fourth-order valence-corrected chi connectivity index (χ4v) is 2.10. The number of hydrogen-bond donors (Lipinski definition) is 3. The monoisotopic (exact) mass is 333 g/mol. The van der Waals surface area contributed by atoms with Gasteiger partial charge >= 0.3 is 0 Å². The molecule has 0 aliphatic rings. The Hall–Kier alpha value is -1.47. The molecule has 0 fully saturated rings. The number of rotatable bonds is 4. The lowest BCUT2D eigenvalue weighted by molar-refractivity contribution is 0.415. The predicted octanol–water partition coefficient (Wildman–Crippen LogP) is 3.47. The van der Waals surface area contributed by atoms with Gasteiger partial charge in [-0.3, -0.25) is 0 Å². The molecule has 0 saturated carbocycles. The summed E-state index contributed by atoms with van der Waals surface area (Å²) >= 11 is 17.9. The molecule has 2 rings (SSSR count). The molecule has 1 heterocycles. The van der Waals surface area contributed by atoms with Gasteiger partial charge in [0.25, 0.3) is 0 Å². The third-order valence-electron chi connectivity index (χ3n) is 2.41. The number of aromatic nitrogens is 2. The highest BCUT2D eigenvalue weighted by atomic mass is 35.5. The van der Waals surface area contributed by atoms with Gasteiger partial charge in [0.2, 0.25) is 5.75 Å². The molecule has 0 bridgehead atoms. The van der Waals surface area contributed by atoms with Gasteiger partial charge in [-0.15, -0.1) is 0 Å². The van der Waals surface area contributed by atoms with Crippen LogP contribution in [0.15, 0.2) is 18.5 Å². The molecule has 9 heteroatoms. The van der Waals surface area contributed by atoms with Crippen LogP contribution in [0.2, 0.25) is 15.1 Å². The molecule has 106 valence electrons. The quantitative estimate of drug-likeness (QED) is 0.451. The second-order valence-electron chi connectivity index (χ2n) is 3.62. The number of methoxy groups -OCH3 is 1. The Balaban J connectivity index is 2.42. The molecular formula is C11H10Cl3N5O. The first-order chi connectivity index (χ1) is 9.56. The molecule has 4 N–H and O–H groups in total. The van der Waals surface area contributed by atoms with Crippen molar-refractivity contribution in [1.29, 1.82) is 0 Å². The summed E-state index contributed by atoms with van der Waals surface area (Å²) in [4.78, 5) is 8.00. The van der Waals surface area contributed by atoms with E-state index in [4.69, 9.17) is 45.4 Å². The zero-order valence-electron chi connectivity index (χ0n) is 10.2. The lowest BCUT2D eigenvalue weighted by atomic mass is 10.3. The highest BCUT2D eigenvalue weighted by Gasteiger charge is 2.13. The predicted molar refractivity (Wildman–Crippen MR) is 81.1 cm³/mol. The minimum absolute atomic E-state index is 0.334. The van der Waals surface area contributed by atoms with Crippen LogP contribution in [0.5, 0.6) is 5.75 Å². The zero-order chi connectivity index (χ0) is 14.7. The highest BCUT2D eigenvalue weighted by molar-refractivity contribution is 6.44. The molecule has 0 saturated heterocycles. The first-order valence-corrected chi connectivity index (χ1v) is 6.47. The molecule has 0 spiro atoms. The van der Waals surface area contributed by atoms with Gasteiger partial charge in [0.05, 0.1) is 27.9 Å². The Labute approximate surface area is 130 Å². The van der Waals surface area contributed by atoms with Crippen LogP contribution < -0.4 is 21.3 Å². The van der Waals surface area contributed by atoms with Crippen molar-refractivity contribution in [2.45, 2.75) is 0 Å². The van der Waals surface area contributed by atoms with Gasteiger partial charge in [0, 0.05) is 0 Å². The number of ether oxygens (including phenoxy) is 1. The molecule has 0 amide bonds. The molecule has 20 heavy (non-hydrogen) atoms. The molecule has 6 nitrogen and oxygen atoms in total. The lowest BCUT2D eigenvalue weighted by Crippen LogP contribution is -2.11. The van der Waals surface area contributed by atoms with Crippen LogP contribution in [0.3, 0.4) is 0 Å². The maximum Gasteiger partial charge on any atom is 0.205 e. The molecule has 0 aliphatic heterocycles. The Morgan fingerprint density at radius 1 is 1.05 bits per heavy atom. The number of halogens is 3. The largest absolute Gasteiger partial charge is 0.490 e. The van der Waals surface area contributed by atoms with Crippen molar-refractivity contribution in [3.8, 4) is 5.75 Å². The van der Waals surface area contributed by atoms with Crippen molar-refractivity contribution >= 4 is 52.1 Å². The fourth-order valence-electron chi connectivity index (χ4n) is 1.50. The Morgan fingerprint density at radius 2 is 1.70 bits per heavy atom. The number of nitrogens with one attached hydrogen (secondary N) is 2. The number of benzene rings is 1. The number of nitrogens with two attached hydrogens (primary N) is 1. The third kappa shape index (κ3) is 2.99. The van der Waals surface area contributed by atoms with Gasteiger partial charge < -0.3 is 15.5 Å². The summed E-state index contributed by atoms with van der Waals surface area (Å²) in [6, 6.07) is 3.12. The first-order valence-electron chi connectivity index (χ1n) is 5.34. The van der Waals surface area contributed by atoms with E-state index in [1.807, 2.05) is 0 Å². The summed E-state index contributed by atoms with van der Waals surface area (Å²) < 4.78 is 5.20. The molecule has 1 aromatic heterocycles. The number of hydrazine groups is 1. The van der Waals surface area contributed by atoms with Crippen molar-refractivity contribution in [2.24, 2.45) is 5.84 Å². The lowest BCUT2D eigenvalue weighted by Gasteiger charge is -2.13. The molecular weight excluding hydrogens is 325 g/mol. The third-order valence-corrected chi connectivity index (χ3v) is 3.44. The first kappa shape index (κ1) is 14.9. The number of nitrogens with zero attached hydrogens (tertiary/aromatic N) is 2. The van der Waals surface area contributed by atoms with Gasteiger partial charge in [-0.2, -0.15) is 0 Å². The molecule has 0 unspecified atom stereocenters. The van der Waals surface area contributed by atoms with E-state index in [-0.39, 0.29) is 0 Å². The summed E-state index contributed by atoms with van der Waals surface area (Å²) in [7, 11) is 1.47. The summed E-state index contributed by atoms with van der Waals surface area (Å²) in [5, 5.41) is 4.11. The normalized spacial score (nSPS) is 10.2. The van der Waals surface area contributed by atoms with E-state index in [0.717, 1.165) is 0 Å². The smallest absolute Gasteiger partial charge is 0.205 e. The molecule has 0 atom stereocenters. The van der Waals surface area contributed by atoms with E-state index in [1.54, 1.807) is 6.07 Å². The molecule has 0 aliphatic carbocycles. The topological polar surface area (TPSA) is 85.1 Å². The van der Waals surface area contributed by atoms with Crippen LogP contribution in [0.25, 0.3) is 0 Å². The van der Waals surface area contributed by atoms with E-state index >= 15 is 0 Å². The maximum atomic E-state index is 6.09.